The minimum Gasteiger partial charge on any atom is -0.467 e. The van der Waals surface area contributed by atoms with Gasteiger partial charge in [0.25, 0.3) is 0 Å². The van der Waals surface area contributed by atoms with Crippen LogP contribution in [-0.4, -0.2) is 47.4 Å². The van der Waals surface area contributed by atoms with Gasteiger partial charge >= 0.3 is 5.97 Å². The SMILES string of the molecule is COC(=O)C(O)C(CC(C)C)N(C=O)OC(C)(C)C. The van der Waals surface area contributed by atoms with Gasteiger partial charge in [-0.1, -0.05) is 13.8 Å². The third-order valence-electron chi connectivity index (χ3n) is 2.33. The Morgan fingerprint density at radius 3 is 2.21 bits per heavy atom. The van der Waals surface area contributed by atoms with E-state index in [9.17, 15) is 14.7 Å². The van der Waals surface area contributed by atoms with Gasteiger partial charge in [-0.2, -0.15) is 0 Å². The molecule has 0 rings (SSSR count). The van der Waals surface area contributed by atoms with Crippen molar-refractivity contribution in [2.75, 3.05) is 7.11 Å². The standard InChI is InChI=1S/C13H25NO5/c1-9(2)7-10(11(16)12(17)18-6)14(8-15)19-13(3,4)5/h8-11,16H,7H2,1-6H3. The van der Waals surface area contributed by atoms with Crippen LogP contribution >= 0.6 is 0 Å². The quantitative estimate of drug-likeness (QED) is 0.428. The fourth-order valence-electron chi connectivity index (χ4n) is 1.62. The monoisotopic (exact) mass is 275 g/mol. The maximum atomic E-state index is 11.5. The molecule has 0 fully saturated rings. The summed E-state index contributed by atoms with van der Waals surface area (Å²) < 4.78 is 4.51. The molecule has 6 heteroatoms. The summed E-state index contributed by atoms with van der Waals surface area (Å²) >= 11 is 0. The van der Waals surface area contributed by atoms with Crippen molar-refractivity contribution in [1.82, 2.24) is 5.06 Å². The molecule has 0 aromatic rings. The maximum Gasteiger partial charge on any atom is 0.336 e. The molecule has 0 aliphatic carbocycles. The molecule has 1 N–H and O–H groups in total. The number of carbonyl (C=O) groups excluding carboxylic acids is 2. The van der Waals surface area contributed by atoms with Gasteiger partial charge in [-0.15, -0.1) is 0 Å². The predicted molar refractivity (Wildman–Crippen MR) is 70.0 cm³/mol. The lowest BCUT2D eigenvalue weighted by molar-refractivity contribution is -0.245. The highest BCUT2D eigenvalue weighted by atomic mass is 16.7. The van der Waals surface area contributed by atoms with E-state index >= 15 is 0 Å². The van der Waals surface area contributed by atoms with E-state index in [2.05, 4.69) is 4.74 Å². The Bertz CT molecular complexity index is 298. The molecule has 0 aromatic carbocycles. The smallest absolute Gasteiger partial charge is 0.336 e. The number of aliphatic hydroxyl groups excluding tert-OH is 1. The number of nitrogens with zero attached hydrogens (tertiary/aromatic N) is 1. The first-order valence-electron chi connectivity index (χ1n) is 6.31. The molecule has 0 aromatic heterocycles. The van der Waals surface area contributed by atoms with Gasteiger partial charge in [0.1, 0.15) is 0 Å². The molecule has 0 heterocycles. The molecule has 0 spiro atoms. The summed E-state index contributed by atoms with van der Waals surface area (Å²) in [5, 5.41) is 11.0. The van der Waals surface area contributed by atoms with Crippen LogP contribution in [0.15, 0.2) is 0 Å². The first kappa shape index (κ1) is 17.9. The van der Waals surface area contributed by atoms with Gasteiger partial charge in [-0.05, 0) is 33.1 Å². The summed E-state index contributed by atoms with van der Waals surface area (Å²) in [6.07, 6.45) is -0.532. The first-order valence-corrected chi connectivity index (χ1v) is 6.31. The van der Waals surface area contributed by atoms with Gasteiger partial charge in [-0.25, -0.2) is 9.86 Å². The average molecular weight is 275 g/mol. The second kappa shape index (κ2) is 7.45. The molecular weight excluding hydrogens is 250 g/mol. The molecular formula is C13H25NO5. The summed E-state index contributed by atoms with van der Waals surface area (Å²) in [5.74, 6) is -0.606. The van der Waals surface area contributed by atoms with E-state index in [0.717, 1.165) is 5.06 Å². The summed E-state index contributed by atoms with van der Waals surface area (Å²) in [6.45, 7) is 9.19. The predicted octanol–water partition coefficient (Wildman–Crippen LogP) is 1.12. The van der Waals surface area contributed by atoms with Crippen LogP contribution in [0, 0.1) is 5.92 Å². The van der Waals surface area contributed by atoms with Gasteiger partial charge in [0.15, 0.2) is 6.10 Å². The van der Waals surface area contributed by atoms with Crippen LogP contribution in [0.5, 0.6) is 0 Å². The number of carbonyl (C=O) groups is 2. The molecule has 19 heavy (non-hydrogen) atoms. The lowest BCUT2D eigenvalue weighted by Gasteiger charge is -2.35. The number of rotatable bonds is 7. The Kier molecular flexibility index (Phi) is 7.00. The van der Waals surface area contributed by atoms with E-state index in [1.54, 1.807) is 20.8 Å². The van der Waals surface area contributed by atoms with Crippen LogP contribution in [0.3, 0.4) is 0 Å². The third-order valence-corrected chi connectivity index (χ3v) is 2.33. The van der Waals surface area contributed by atoms with Crippen LogP contribution in [-0.2, 0) is 19.2 Å². The Morgan fingerprint density at radius 1 is 1.37 bits per heavy atom. The van der Waals surface area contributed by atoms with Crippen LogP contribution < -0.4 is 0 Å². The van der Waals surface area contributed by atoms with E-state index in [4.69, 9.17) is 4.84 Å². The largest absolute Gasteiger partial charge is 0.467 e. The van der Waals surface area contributed by atoms with E-state index in [1.165, 1.54) is 7.11 Å². The van der Waals surface area contributed by atoms with Crippen LogP contribution in [0.2, 0.25) is 0 Å². The minimum atomic E-state index is -1.43. The van der Waals surface area contributed by atoms with Crippen molar-refractivity contribution >= 4 is 12.4 Å². The number of aliphatic hydroxyl groups is 1. The molecule has 2 unspecified atom stereocenters. The number of methoxy groups -OCH3 is 1. The second-order valence-electron chi connectivity index (χ2n) is 5.83. The normalized spacial score (nSPS) is 14.9. The summed E-state index contributed by atoms with van der Waals surface area (Å²) in [7, 11) is 1.19. The maximum absolute atomic E-state index is 11.5. The number of esters is 1. The van der Waals surface area contributed by atoms with Gasteiger partial charge in [-0.3, -0.25) is 9.63 Å². The topological polar surface area (TPSA) is 76.1 Å². The number of hydroxylamine groups is 2. The lowest BCUT2D eigenvalue weighted by atomic mass is 9.99. The van der Waals surface area contributed by atoms with E-state index in [1.807, 2.05) is 13.8 Å². The zero-order chi connectivity index (χ0) is 15.2. The average Bonchev–Trinajstić information content (AvgIpc) is 2.29. The van der Waals surface area contributed by atoms with Crippen LogP contribution in [0.4, 0.5) is 0 Å². The van der Waals surface area contributed by atoms with Crippen molar-refractivity contribution in [3.8, 4) is 0 Å². The Morgan fingerprint density at radius 2 is 1.89 bits per heavy atom. The molecule has 112 valence electrons. The Hall–Kier alpha value is -1.14. The summed E-state index contributed by atoms with van der Waals surface area (Å²) in [5.41, 5.74) is -0.605. The highest BCUT2D eigenvalue weighted by Crippen LogP contribution is 2.19. The lowest BCUT2D eigenvalue weighted by Crippen LogP contribution is -2.50. The van der Waals surface area contributed by atoms with Crippen molar-refractivity contribution in [2.45, 2.75) is 58.8 Å². The molecule has 1 amide bonds. The van der Waals surface area contributed by atoms with Gasteiger partial charge < -0.3 is 9.84 Å². The highest BCUT2D eigenvalue weighted by Gasteiger charge is 2.34. The molecule has 6 nitrogen and oxygen atoms in total. The number of amides is 1. The van der Waals surface area contributed by atoms with Crippen molar-refractivity contribution < 1.29 is 24.3 Å². The number of hydrogen-bond acceptors (Lipinski definition) is 5. The van der Waals surface area contributed by atoms with Crippen LogP contribution in [0.1, 0.15) is 41.0 Å². The number of ether oxygens (including phenoxy) is 1. The highest BCUT2D eigenvalue weighted by molar-refractivity contribution is 5.75. The molecule has 0 aliphatic rings. The Labute approximate surface area is 114 Å². The van der Waals surface area contributed by atoms with Crippen LogP contribution in [0.25, 0.3) is 0 Å². The second-order valence-corrected chi connectivity index (χ2v) is 5.83. The molecule has 0 saturated heterocycles. The van der Waals surface area contributed by atoms with Gasteiger partial charge in [0.2, 0.25) is 6.41 Å². The minimum absolute atomic E-state index is 0.176. The Balaban J connectivity index is 5.08. The molecule has 0 saturated carbocycles. The molecule has 2 atom stereocenters. The fraction of sp³-hybridized carbons (Fsp3) is 0.846. The summed E-state index contributed by atoms with van der Waals surface area (Å²) in [4.78, 5) is 28.1. The van der Waals surface area contributed by atoms with E-state index in [-0.39, 0.29) is 5.92 Å². The van der Waals surface area contributed by atoms with Crippen molar-refractivity contribution in [3.63, 3.8) is 0 Å². The fourth-order valence-corrected chi connectivity index (χ4v) is 1.62. The first-order chi connectivity index (χ1) is 8.62. The molecule has 0 radical (unpaired) electrons. The zero-order valence-corrected chi connectivity index (χ0v) is 12.5. The van der Waals surface area contributed by atoms with E-state index in [0.29, 0.717) is 12.8 Å². The zero-order valence-electron chi connectivity index (χ0n) is 12.5. The molecule has 0 aliphatic heterocycles. The van der Waals surface area contributed by atoms with Crippen molar-refractivity contribution in [2.24, 2.45) is 5.92 Å². The van der Waals surface area contributed by atoms with Crippen molar-refractivity contribution in [3.05, 3.63) is 0 Å². The van der Waals surface area contributed by atoms with E-state index < -0.39 is 23.7 Å². The van der Waals surface area contributed by atoms with Gasteiger partial charge in [0.05, 0.1) is 18.8 Å². The van der Waals surface area contributed by atoms with Crippen molar-refractivity contribution in [1.29, 1.82) is 0 Å². The summed E-state index contributed by atoms with van der Waals surface area (Å²) in [6, 6.07) is -0.774. The number of hydrogen-bond donors (Lipinski definition) is 1. The molecule has 0 bridgehead atoms. The van der Waals surface area contributed by atoms with Gasteiger partial charge in [0, 0.05) is 0 Å². The third kappa shape index (κ3) is 6.54.